The van der Waals surface area contributed by atoms with Crippen LogP contribution in [0.3, 0.4) is 0 Å². The van der Waals surface area contributed by atoms with Crippen LogP contribution in [0.15, 0.2) is 0 Å². The highest BCUT2D eigenvalue weighted by Crippen LogP contribution is 2.31. The Labute approximate surface area is 165 Å². The van der Waals surface area contributed by atoms with Crippen molar-refractivity contribution in [1.82, 2.24) is 0 Å². The van der Waals surface area contributed by atoms with Gasteiger partial charge >= 0.3 is 0 Å². The lowest BCUT2D eigenvalue weighted by Gasteiger charge is -2.25. The van der Waals surface area contributed by atoms with Gasteiger partial charge in [0, 0.05) is 7.11 Å². The third kappa shape index (κ3) is 4.57. The van der Waals surface area contributed by atoms with E-state index < -0.39 is 87.0 Å². The Morgan fingerprint density at radius 2 is 1.21 bits per heavy atom. The van der Waals surface area contributed by atoms with Gasteiger partial charge in [-0.05, 0) is 0 Å². The normalized spacial score (nSPS) is 50.5. The zero-order chi connectivity index (χ0) is 21.3. The average Bonchev–Trinajstić information content (AvgIpc) is 3.28. The smallest absolute Gasteiger partial charge is 0.187 e. The molecule has 0 spiro atoms. The molecule has 3 rings (SSSR count). The van der Waals surface area contributed by atoms with Gasteiger partial charge < -0.3 is 64.2 Å². The van der Waals surface area contributed by atoms with Crippen molar-refractivity contribution >= 4 is 0 Å². The summed E-state index contributed by atoms with van der Waals surface area (Å²) < 4.78 is 31.7. The molecule has 7 N–H and O–H groups in total. The van der Waals surface area contributed by atoms with Gasteiger partial charge in [-0.25, -0.2) is 0 Å². The maximum atomic E-state index is 10.5. The van der Waals surface area contributed by atoms with Crippen molar-refractivity contribution in [3.05, 3.63) is 0 Å². The van der Waals surface area contributed by atoms with Crippen LogP contribution in [0, 0.1) is 0 Å². The van der Waals surface area contributed by atoms with E-state index >= 15 is 0 Å². The number of ether oxygens (including phenoxy) is 6. The van der Waals surface area contributed by atoms with Crippen LogP contribution in [-0.2, 0) is 28.4 Å². The molecule has 3 fully saturated rings. The lowest BCUT2D eigenvalue weighted by molar-refractivity contribution is -0.216. The monoisotopic (exact) mass is 428 g/mol. The van der Waals surface area contributed by atoms with Crippen LogP contribution in [0.1, 0.15) is 0 Å². The SMILES string of the molecule is CO[C@H]1O[C@H](CO[C@H]2O[C@H](CO)[C@@H](O[C@H]3O[C@H](CO)[C@@H](O)[C@@H]3O)[C@@H]2O)[C@@H](O)[C@@H]1O. The fourth-order valence-corrected chi connectivity index (χ4v) is 3.53. The minimum Gasteiger partial charge on any atom is -0.394 e. The summed E-state index contributed by atoms with van der Waals surface area (Å²) in [5, 5.41) is 68.6. The zero-order valence-corrected chi connectivity index (χ0v) is 15.6. The quantitative estimate of drug-likeness (QED) is 0.194. The fraction of sp³-hybridized carbons (Fsp3) is 1.00. The molecule has 0 aromatic heterocycles. The third-order valence-electron chi connectivity index (χ3n) is 5.24. The highest BCUT2D eigenvalue weighted by atomic mass is 16.8. The highest BCUT2D eigenvalue weighted by molar-refractivity contribution is 4.93. The first kappa shape index (κ1) is 23.1. The third-order valence-corrected chi connectivity index (χ3v) is 5.24. The van der Waals surface area contributed by atoms with E-state index in [0.717, 1.165) is 0 Å². The first-order valence-corrected chi connectivity index (χ1v) is 9.20. The Hall–Kier alpha value is -0.520. The van der Waals surface area contributed by atoms with Crippen molar-refractivity contribution in [3.63, 3.8) is 0 Å². The summed E-state index contributed by atoms with van der Waals surface area (Å²) in [6, 6.07) is 0. The van der Waals surface area contributed by atoms with Crippen molar-refractivity contribution in [2.45, 2.75) is 73.8 Å². The molecular weight excluding hydrogens is 400 g/mol. The van der Waals surface area contributed by atoms with E-state index in [1.165, 1.54) is 7.11 Å². The molecule has 3 aliphatic heterocycles. The molecule has 0 aliphatic carbocycles. The molecule has 29 heavy (non-hydrogen) atoms. The van der Waals surface area contributed by atoms with Gasteiger partial charge in [-0.1, -0.05) is 0 Å². The van der Waals surface area contributed by atoms with Crippen LogP contribution in [-0.4, -0.2) is 136 Å². The van der Waals surface area contributed by atoms with E-state index in [-0.39, 0.29) is 6.61 Å². The van der Waals surface area contributed by atoms with Crippen LogP contribution < -0.4 is 0 Å². The molecule has 13 heteroatoms. The van der Waals surface area contributed by atoms with Crippen LogP contribution in [0.5, 0.6) is 0 Å². The lowest BCUT2D eigenvalue weighted by Crippen LogP contribution is -2.44. The van der Waals surface area contributed by atoms with Crippen LogP contribution in [0.2, 0.25) is 0 Å². The van der Waals surface area contributed by atoms with Crippen molar-refractivity contribution in [3.8, 4) is 0 Å². The van der Waals surface area contributed by atoms with Crippen molar-refractivity contribution in [1.29, 1.82) is 0 Å². The number of aliphatic hydroxyl groups excluding tert-OH is 7. The molecule has 13 nitrogen and oxygen atoms in total. The van der Waals surface area contributed by atoms with Gasteiger partial charge in [-0.3, -0.25) is 0 Å². The fourth-order valence-electron chi connectivity index (χ4n) is 3.53. The Bertz CT molecular complexity index is 523. The molecule has 0 radical (unpaired) electrons. The predicted octanol–water partition coefficient (Wildman–Crippen LogP) is -5.00. The molecule has 3 heterocycles. The molecule has 0 saturated carbocycles. The van der Waals surface area contributed by atoms with Crippen molar-refractivity contribution in [2.24, 2.45) is 0 Å². The molecule has 0 aromatic carbocycles. The molecule has 170 valence electrons. The predicted molar refractivity (Wildman–Crippen MR) is 88.0 cm³/mol. The van der Waals surface area contributed by atoms with E-state index in [4.69, 9.17) is 33.5 Å². The standard InChI is InChI=1S/C16H28O13/c1-24-14-10(21)9(20)7(28-14)4-25-15-12(23)13(6(3-18)27-15)29-16-11(22)8(19)5(2-17)26-16/h5-23H,2-4H2,1H3/t5-,6-,7-,8-,9-,10+,11+,12+,13-,14+,15+,16-/m1/s1. The minimum atomic E-state index is -1.48. The molecular formula is C16H28O13. The molecule has 0 aromatic rings. The molecule has 0 bridgehead atoms. The maximum absolute atomic E-state index is 10.5. The highest BCUT2D eigenvalue weighted by Gasteiger charge is 2.51. The number of hydrogen-bond acceptors (Lipinski definition) is 13. The number of rotatable bonds is 8. The first-order chi connectivity index (χ1) is 13.8. The summed E-state index contributed by atoms with van der Waals surface area (Å²) in [4.78, 5) is 0. The van der Waals surface area contributed by atoms with E-state index in [0.29, 0.717) is 0 Å². The number of hydrogen-bond donors (Lipinski definition) is 7. The molecule has 0 unspecified atom stereocenters. The summed E-state index contributed by atoms with van der Waals surface area (Å²) in [5.74, 6) is 0. The summed E-state index contributed by atoms with van der Waals surface area (Å²) in [6.07, 6.45) is -14.7. The van der Waals surface area contributed by atoms with Gasteiger partial charge in [0.15, 0.2) is 18.9 Å². The van der Waals surface area contributed by atoms with Crippen molar-refractivity contribution < 1.29 is 64.2 Å². The topological polar surface area (TPSA) is 197 Å². The van der Waals surface area contributed by atoms with Crippen LogP contribution >= 0.6 is 0 Å². The first-order valence-electron chi connectivity index (χ1n) is 9.20. The van der Waals surface area contributed by atoms with E-state index in [1.54, 1.807) is 0 Å². The lowest BCUT2D eigenvalue weighted by atomic mass is 10.1. The summed E-state index contributed by atoms with van der Waals surface area (Å²) in [6.45, 7) is -1.36. The Balaban J connectivity index is 1.56. The molecule has 3 saturated heterocycles. The Kier molecular flexibility index (Phi) is 7.77. The van der Waals surface area contributed by atoms with Gasteiger partial charge in [-0.2, -0.15) is 0 Å². The van der Waals surface area contributed by atoms with Gasteiger partial charge in [-0.15, -0.1) is 0 Å². The zero-order valence-electron chi connectivity index (χ0n) is 15.6. The Morgan fingerprint density at radius 1 is 0.655 bits per heavy atom. The van der Waals surface area contributed by atoms with E-state index in [2.05, 4.69) is 0 Å². The molecule has 12 atom stereocenters. The Morgan fingerprint density at radius 3 is 1.76 bits per heavy atom. The van der Waals surface area contributed by atoms with Gasteiger partial charge in [0.25, 0.3) is 0 Å². The number of methoxy groups -OCH3 is 1. The van der Waals surface area contributed by atoms with Gasteiger partial charge in [0.2, 0.25) is 0 Å². The van der Waals surface area contributed by atoms with Gasteiger partial charge in [0.05, 0.1) is 19.8 Å². The second kappa shape index (κ2) is 9.74. The van der Waals surface area contributed by atoms with Crippen LogP contribution in [0.4, 0.5) is 0 Å². The van der Waals surface area contributed by atoms with E-state index in [1.807, 2.05) is 0 Å². The second-order valence-corrected chi connectivity index (χ2v) is 7.12. The summed E-state index contributed by atoms with van der Waals surface area (Å²) in [7, 11) is 1.30. The van der Waals surface area contributed by atoms with E-state index in [9.17, 15) is 30.6 Å². The summed E-state index contributed by atoms with van der Waals surface area (Å²) in [5.41, 5.74) is 0. The van der Waals surface area contributed by atoms with Crippen molar-refractivity contribution in [2.75, 3.05) is 26.9 Å². The molecule has 0 amide bonds. The van der Waals surface area contributed by atoms with Gasteiger partial charge in [0.1, 0.15) is 54.9 Å². The number of aliphatic hydroxyl groups is 7. The average molecular weight is 428 g/mol. The minimum absolute atomic E-state index is 0.265. The molecule has 3 aliphatic rings. The van der Waals surface area contributed by atoms with Crippen LogP contribution in [0.25, 0.3) is 0 Å². The largest absolute Gasteiger partial charge is 0.394 e. The maximum Gasteiger partial charge on any atom is 0.187 e. The summed E-state index contributed by atoms with van der Waals surface area (Å²) >= 11 is 0. The second-order valence-electron chi connectivity index (χ2n) is 7.12.